The second-order valence-corrected chi connectivity index (χ2v) is 11.6. The van der Waals surface area contributed by atoms with E-state index in [2.05, 4.69) is 25.2 Å². The number of rotatable bonds is 8. The van der Waals surface area contributed by atoms with Gasteiger partial charge in [-0.3, -0.25) is 4.79 Å². The molecule has 0 spiro atoms. The standard InChI is InChI=1S/C26H35F2N5O2S/c1-17-29-15-19(16-30-17)12-24(34)31-20-4-2-18(3-5-20)6-9-33-10-7-22-23(8-11-33)36-25(32-22)35-21-13-26(27,28)14-21/h15-16,18,20-21H,2-14H2,1H3,(H,31,34)/t18-,20-. The Bertz CT molecular complexity index is 1010. The molecule has 1 amide bonds. The molecular formula is C26H35F2N5O2S. The molecule has 2 fully saturated rings. The van der Waals surface area contributed by atoms with E-state index in [9.17, 15) is 13.6 Å². The van der Waals surface area contributed by atoms with Crippen LogP contribution in [0.1, 0.15) is 66.9 Å². The molecule has 196 valence electrons. The van der Waals surface area contributed by atoms with Gasteiger partial charge in [0.25, 0.3) is 11.1 Å². The largest absolute Gasteiger partial charge is 0.466 e. The van der Waals surface area contributed by atoms with E-state index in [4.69, 9.17) is 4.74 Å². The summed E-state index contributed by atoms with van der Waals surface area (Å²) in [5, 5.41) is 3.75. The summed E-state index contributed by atoms with van der Waals surface area (Å²) in [5.41, 5.74) is 1.93. The number of carbonyl (C=O) groups is 1. The maximum atomic E-state index is 13.1. The highest BCUT2D eigenvalue weighted by Gasteiger charge is 2.47. The van der Waals surface area contributed by atoms with Gasteiger partial charge in [0.05, 0.1) is 12.1 Å². The molecule has 5 rings (SSSR count). The molecule has 2 saturated carbocycles. The molecule has 2 aromatic rings. The zero-order chi connectivity index (χ0) is 25.1. The Balaban J connectivity index is 0.985. The van der Waals surface area contributed by atoms with Crippen molar-refractivity contribution in [3.63, 3.8) is 0 Å². The van der Waals surface area contributed by atoms with E-state index in [0.717, 1.165) is 69.4 Å². The fourth-order valence-corrected chi connectivity index (χ4v) is 6.44. The van der Waals surface area contributed by atoms with Crippen molar-refractivity contribution in [3.05, 3.63) is 34.4 Å². The van der Waals surface area contributed by atoms with Crippen molar-refractivity contribution < 1.29 is 18.3 Å². The number of carbonyl (C=O) groups excluding carboxylic acids is 1. The highest BCUT2D eigenvalue weighted by Crippen LogP contribution is 2.41. The lowest BCUT2D eigenvalue weighted by Gasteiger charge is -2.33. The Labute approximate surface area is 215 Å². The first-order valence-electron chi connectivity index (χ1n) is 13.1. The van der Waals surface area contributed by atoms with Crippen molar-refractivity contribution in [2.75, 3.05) is 19.6 Å². The number of amides is 1. The molecule has 1 aliphatic heterocycles. The number of nitrogens with zero attached hydrogens (tertiary/aromatic N) is 4. The molecule has 7 nitrogen and oxygen atoms in total. The predicted molar refractivity (Wildman–Crippen MR) is 134 cm³/mol. The molecule has 0 atom stereocenters. The Morgan fingerprint density at radius 1 is 1.17 bits per heavy atom. The van der Waals surface area contributed by atoms with Crippen LogP contribution in [0.5, 0.6) is 5.19 Å². The third-order valence-corrected chi connectivity index (χ3v) is 8.71. The molecule has 2 aromatic heterocycles. The van der Waals surface area contributed by atoms with Gasteiger partial charge in [-0.05, 0) is 63.5 Å². The van der Waals surface area contributed by atoms with Crippen molar-refractivity contribution >= 4 is 17.2 Å². The van der Waals surface area contributed by atoms with Crippen LogP contribution in [-0.2, 0) is 24.1 Å². The molecule has 0 unspecified atom stereocenters. The van der Waals surface area contributed by atoms with Crippen molar-refractivity contribution in [3.8, 4) is 5.19 Å². The summed E-state index contributed by atoms with van der Waals surface area (Å²) in [6.45, 7) is 4.91. The molecule has 0 aromatic carbocycles. The number of fused-ring (bicyclic) bond motifs is 1. The fraction of sp³-hybridized carbons (Fsp3) is 0.692. The van der Waals surface area contributed by atoms with Gasteiger partial charge in [0.15, 0.2) is 0 Å². The number of ether oxygens (including phenoxy) is 1. The van der Waals surface area contributed by atoms with Crippen LogP contribution in [0.3, 0.4) is 0 Å². The highest BCUT2D eigenvalue weighted by molar-refractivity contribution is 7.13. The average molecular weight is 520 g/mol. The zero-order valence-corrected chi connectivity index (χ0v) is 21.7. The lowest BCUT2D eigenvalue weighted by Crippen LogP contribution is -2.43. The molecule has 3 heterocycles. The van der Waals surface area contributed by atoms with E-state index in [1.54, 1.807) is 12.4 Å². The first kappa shape index (κ1) is 25.4. The summed E-state index contributed by atoms with van der Waals surface area (Å²) in [6, 6.07) is 0.267. The number of nitrogens with one attached hydrogen (secondary N) is 1. The first-order valence-corrected chi connectivity index (χ1v) is 14.0. The Morgan fingerprint density at radius 3 is 2.61 bits per heavy atom. The number of aromatic nitrogens is 3. The molecular weight excluding hydrogens is 484 g/mol. The minimum atomic E-state index is -2.57. The van der Waals surface area contributed by atoms with Crippen LogP contribution < -0.4 is 10.1 Å². The Hall–Kier alpha value is -2.20. The predicted octanol–water partition coefficient (Wildman–Crippen LogP) is 4.13. The molecule has 2 aliphatic carbocycles. The molecule has 10 heteroatoms. The Kier molecular flexibility index (Phi) is 7.81. The second kappa shape index (κ2) is 11.0. The summed E-state index contributed by atoms with van der Waals surface area (Å²) in [4.78, 5) is 29.1. The van der Waals surface area contributed by atoms with E-state index in [1.165, 1.54) is 22.6 Å². The van der Waals surface area contributed by atoms with Gasteiger partial charge in [-0.2, -0.15) is 0 Å². The lowest BCUT2D eigenvalue weighted by atomic mass is 9.84. The lowest BCUT2D eigenvalue weighted by molar-refractivity contribution is -0.134. The first-order chi connectivity index (χ1) is 17.3. The average Bonchev–Trinajstić information content (AvgIpc) is 3.11. The highest BCUT2D eigenvalue weighted by atomic mass is 32.1. The summed E-state index contributed by atoms with van der Waals surface area (Å²) in [7, 11) is 0. The third-order valence-electron chi connectivity index (χ3n) is 7.66. The second-order valence-electron chi connectivity index (χ2n) is 10.6. The van der Waals surface area contributed by atoms with Crippen molar-refractivity contribution in [1.82, 2.24) is 25.2 Å². The van der Waals surface area contributed by atoms with E-state index in [-0.39, 0.29) is 24.8 Å². The Morgan fingerprint density at radius 2 is 1.89 bits per heavy atom. The summed E-state index contributed by atoms with van der Waals surface area (Å²) in [6.07, 6.45) is 10.4. The van der Waals surface area contributed by atoms with Crippen molar-refractivity contribution in [2.24, 2.45) is 5.92 Å². The number of alkyl halides is 2. The third kappa shape index (κ3) is 6.76. The fourth-order valence-electron chi connectivity index (χ4n) is 5.43. The van der Waals surface area contributed by atoms with Gasteiger partial charge < -0.3 is 15.0 Å². The van der Waals surface area contributed by atoms with Gasteiger partial charge in [-0.25, -0.2) is 23.7 Å². The smallest absolute Gasteiger partial charge is 0.273 e. The number of aryl methyl sites for hydroxylation is 1. The van der Waals surface area contributed by atoms with Gasteiger partial charge in [0.2, 0.25) is 5.91 Å². The topological polar surface area (TPSA) is 80.2 Å². The molecule has 36 heavy (non-hydrogen) atoms. The van der Waals surface area contributed by atoms with Crippen LogP contribution in [0.25, 0.3) is 0 Å². The van der Waals surface area contributed by atoms with E-state index in [0.29, 0.717) is 23.4 Å². The van der Waals surface area contributed by atoms with Gasteiger partial charge in [0, 0.05) is 55.7 Å². The molecule has 0 saturated heterocycles. The van der Waals surface area contributed by atoms with Crippen molar-refractivity contribution in [2.45, 2.75) is 89.2 Å². The minimum Gasteiger partial charge on any atom is -0.466 e. The number of halogens is 2. The molecule has 1 N–H and O–H groups in total. The van der Waals surface area contributed by atoms with Crippen LogP contribution in [0.4, 0.5) is 8.78 Å². The molecule has 0 bridgehead atoms. The van der Waals surface area contributed by atoms with Crippen LogP contribution in [-0.4, -0.2) is 63.5 Å². The maximum absolute atomic E-state index is 13.1. The minimum absolute atomic E-state index is 0.0516. The van der Waals surface area contributed by atoms with E-state index < -0.39 is 12.0 Å². The van der Waals surface area contributed by atoms with Crippen molar-refractivity contribution in [1.29, 1.82) is 0 Å². The summed E-state index contributed by atoms with van der Waals surface area (Å²) >= 11 is 1.53. The van der Waals surface area contributed by atoms with Gasteiger partial charge in [0.1, 0.15) is 11.9 Å². The van der Waals surface area contributed by atoms with Crippen LogP contribution in [0.15, 0.2) is 12.4 Å². The number of hydrogen-bond acceptors (Lipinski definition) is 7. The maximum Gasteiger partial charge on any atom is 0.273 e. The zero-order valence-electron chi connectivity index (χ0n) is 20.8. The quantitative estimate of drug-likeness (QED) is 0.565. The van der Waals surface area contributed by atoms with E-state index in [1.807, 2.05) is 6.92 Å². The summed E-state index contributed by atoms with van der Waals surface area (Å²) < 4.78 is 31.8. The molecule has 3 aliphatic rings. The van der Waals surface area contributed by atoms with Gasteiger partial charge >= 0.3 is 0 Å². The number of thiazole rings is 1. The van der Waals surface area contributed by atoms with Crippen LogP contribution >= 0.6 is 11.3 Å². The van der Waals surface area contributed by atoms with Crippen LogP contribution in [0, 0.1) is 12.8 Å². The monoisotopic (exact) mass is 519 g/mol. The number of hydrogen-bond donors (Lipinski definition) is 1. The van der Waals surface area contributed by atoms with E-state index >= 15 is 0 Å². The van der Waals surface area contributed by atoms with Gasteiger partial charge in [-0.15, -0.1) is 0 Å². The van der Waals surface area contributed by atoms with Crippen LogP contribution in [0.2, 0.25) is 0 Å². The van der Waals surface area contributed by atoms with Gasteiger partial charge in [-0.1, -0.05) is 11.3 Å². The summed E-state index contributed by atoms with van der Waals surface area (Å²) in [5.74, 6) is -1.09. The normalized spacial score (nSPS) is 24.4. The SMILES string of the molecule is Cc1ncc(CC(=O)N[C@H]2CC[C@H](CCN3CCc4nc(OC5CC(F)(F)C5)sc4CC3)CC2)cn1. The molecule has 0 radical (unpaired) electrons.